The third-order valence-corrected chi connectivity index (χ3v) is 4.93. The zero-order valence-corrected chi connectivity index (χ0v) is 11.3. The fourth-order valence-corrected chi connectivity index (χ4v) is 4.19. The molecule has 3 aliphatic rings. The Morgan fingerprint density at radius 1 is 0.857 bits per heavy atom. The maximum absolute atomic E-state index is 11.8. The third-order valence-electron chi connectivity index (χ3n) is 4.93. The second kappa shape index (κ2) is 4.29. The van der Waals surface area contributed by atoms with E-state index in [4.69, 9.17) is 0 Å². The van der Waals surface area contributed by atoms with Crippen molar-refractivity contribution in [2.45, 2.75) is 11.8 Å². The number of rotatable bonds is 2. The van der Waals surface area contributed by atoms with Gasteiger partial charge in [-0.1, -0.05) is 48.5 Å². The van der Waals surface area contributed by atoms with E-state index in [1.807, 2.05) is 48.5 Å². The molecule has 21 heavy (non-hydrogen) atoms. The van der Waals surface area contributed by atoms with Gasteiger partial charge in [0.2, 0.25) is 0 Å². The van der Waals surface area contributed by atoms with Crippen molar-refractivity contribution in [2.75, 3.05) is 0 Å². The maximum Gasteiger partial charge on any atom is 0.308 e. The van der Waals surface area contributed by atoms with Crippen LogP contribution in [0.2, 0.25) is 0 Å². The normalized spacial score (nSPS) is 28.6. The summed E-state index contributed by atoms with van der Waals surface area (Å²) in [4.78, 5) is 23.4. The first-order valence-corrected chi connectivity index (χ1v) is 7.09. The Bertz CT molecular complexity index is 702. The largest absolute Gasteiger partial charge is 0.481 e. The third kappa shape index (κ3) is 1.49. The molecule has 2 aromatic carbocycles. The lowest BCUT2D eigenvalue weighted by Crippen LogP contribution is -2.44. The minimum absolute atomic E-state index is 0.138. The number of hydrogen-bond donors (Lipinski definition) is 1. The van der Waals surface area contributed by atoms with Gasteiger partial charge in [0.25, 0.3) is 0 Å². The van der Waals surface area contributed by atoms with Crippen molar-refractivity contribution in [3.63, 3.8) is 0 Å². The van der Waals surface area contributed by atoms with Crippen LogP contribution in [0, 0.1) is 11.8 Å². The Hall–Kier alpha value is -2.42. The van der Waals surface area contributed by atoms with E-state index in [1.165, 1.54) is 0 Å². The summed E-state index contributed by atoms with van der Waals surface area (Å²) >= 11 is 0. The molecule has 0 heterocycles. The number of aldehydes is 1. The van der Waals surface area contributed by atoms with Crippen molar-refractivity contribution in [1.82, 2.24) is 0 Å². The van der Waals surface area contributed by atoms with Crippen LogP contribution in [0.3, 0.4) is 0 Å². The zero-order valence-electron chi connectivity index (χ0n) is 11.3. The predicted molar refractivity (Wildman–Crippen MR) is 77.2 cm³/mol. The summed E-state index contributed by atoms with van der Waals surface area (Å²) in [6, 6.07) is 15.8. The molecule has 104 valence electrons. The van der Waals surface area contributed by atoms with Crippen LogP contribution >= 0.6 is 0 Å². The fraction of sp³-hybridized carbons (Fsp3) is 0.222. The van der Waals surface area contributed by atoms with Gasteiger partial charge in [-0.15, -0.1) is 0 Å². The number of carboxylic acid groups (broad SMARTS) is 1. The standard InChI is InChI=1S/C18H14O3/c19-9-14-15-10-5-1-3-7-12(10)16(17(14)18(20)21)13-8-4-2-6-11(13)15/h1-9,14-17H,(H,20,21)/t14-,15?,16?,17+/m0/s1. The second-order valence-electron chi connectivity index (χ2n) is 5.79. The lowest BCUT2D eigenvalue weighted by molar-refractivity contribution is -0.146. The molecule has 2 aromatic rings. The summed E-state index contributed by atoms with van der Waals surface area (Å²) in [7, 11) is 0. The number of carboxylic acids is 1. The SMILES string of the molecule is O=C[C@H]1C2c3ccccc3C(c3ccccc32)[C@@H]1C(=O)O. The van der Waals surface area contributed by atoms with Crippen molar-refractivity contribution >= 4 is 12.3 Å². The highest BCUT2D eigenvalue weighted by Crippen LogP contribution is 2.57. The number of carbonyl (C=O) groups excluding carboxylic acids is 1. The summed E-state index contributed by atoms with van der Waals surface area (Å²) in [5.74, 6) is -2.41. The van der Waals surface area contributed by atoms with Gasteiger partial charge >= 0.3 is 5.97 Å². The van der Waals surface area contributed by atoms with Gasteiger partial charge in [0.15, 0.2) is 0 Å². The number of carbonyl (C=O) groups is 2. The van der Waals surface area contributed by atoms with Gasteiger partial charge in [0.1, 0.15) is 6.29 Å². The van der Waals surface area contributed by atoms with E-state index >= 15 is 0 Å². The molecule has 3 heteroatoms. The molecule has 2 bridgehead atoms. The predicted octanol–water partition coefficient (Wildman–Crippen LogP) is 2.79. The Morgan fingerprint density at radius 3 is 1.67 bits per heavy atom. The van der Waals surface area contributed by atoms with Gasteiger partial charge in [-0.25, -0.2) is 0 Å². The first-order valence-electron chi connectivity index (χ1n) is 7.09. The van der Waals surface area contributed by atoms with Crippen LogP contribution in [0.25, 0.3) is 0 Å². The van der Waals surface area contributed by atoms with Gasteiger partial charge < -0.3 is 9.90 Å². The Labute approximate surface area is 122 Å². The number of aliphatic carboxylic acids is 1. The molecule has 0 amide bonds. The topological polar surface area (TPSA) is 54.4 Å². The summed E-state index contributed by atoms with van der Waals surface area (Å²) in [6.07, 6.45) is 0.836. The molecular weight excluding hydrogens is 264 g/mol. The minimum Gasteiger partial charge on any atom is -0.481 e. The van der Waals surface area contributed by atoms with Gasteiger partial charge in [-0.3, -0.25) is 4.79 Å². The molecule has 0 saturated carbocycles. The molecule has 2 atom stereocenters. The van der Waals surface area contributed by atoms with E-state index < -0.39 is 17.8 Å². The molecule has 0 unspecified atom stereocenters. The van der Waals surface area contributed by atoms with Crippen molar-refractivity contribution in [1.29, 1.82) is 0 Å². The number of benzene rings is 2. The number of fused-ring (bicyclic) bond motifs is 1. The van der Waals surface area contributed by atoms with Crippen molar-refractivity contribution < 1.29 is 14.7 Å². The molecule has 0 saturated heterocycles. The Balaban J connectivity index is 2.06. The summed E-state index contributed by atoms with van der Waals surface area (Å²) in [5, 5.41) is 9.65. The zero-order chi connectivity index (χ0) is 14.6. The van der Waals surface area contributed by atoms with E-state index in [0.29, 0.717) is 0 Å². The van der Waals surface area contributed by atoms with Gasteiger partial charge in [-0.2, -0.15) is 0 Å². The second-order valence-corrected chi connectivity index (χ2v) is 5.79. The van der Waals surface area contributed by atoms with E-state index in [-0.39, 0.29) is 11.8 Å². The summed E-state index contributed by atoms with van der Waals surface area (Å²) < 4.78 is 0. The molecule has 0 radical (unpaired) electrons. The highest BCUT2D eigenvalue weighted by Gasteiger charge is 2.52. The van der Waals surface area contributed by atoms with E-state index in [1.54, 1.807) is 0 Å². The highest BCUT2D eigenvalue weighted by molar-refractivity contribution is 5.82. The fourth-order valence-electron chi connectivity index (χ4n) is 4.19. The van der Waals surface area contributed by atoms with E-state index in [0.717, 1.165) is 28.5 Å². The summed E-state index contributed by atoms with van der Waals surface area (Å²) in [5.41, 5.74) is 4.34. The van der Waals surface area contributed by atoms with Crippen LogP contribution in [0.1, 0.15) is 34.1 Å². The molecule has 0 aromatic heterocycles. The molecular formula is C18H14O3. The smallest absolute Gasteiger partial charge is 0.308 e. The van der Waals surface area contributed by atoms with Crippen LogP contribution in [0.15, 0.2) is 48.5 Å². The molecule has 0 aliphatic heterocycles. The minimum atomic E-state index is -0.883. The molecule has 3 aliphatic carbocycles. The summed E-state index contributed by atoms with van der Waals surface area (Å²) in [6.45, 7) is 0. The monoisotopic (exact) mass is 278 g/mol. The quantitative estimate of drug-likeness (QED) is 0.859. The van der Waals surface area contributed by atoms with Crippen molar-refractivity contribution in [3.05, 3.63) is 70.8 Å². The maximum atomic E-state index is 11.8. The average molecular weight is 278 g/mol. The number of hydrogen-bond acceptors (Lipinski definition) is 2. The highest BCUT2D eigenvalue weighted by atomic mass is 16.4. The van der Waals surface area contributed by atoms with E-state index in [9.17, 15) is 14.7 Å². The van der Waals surface area contributed by atoms with Crippen LogP contribution in [-0.2, 0) is 9.59 Å². The van der Waals surface area contributed by atoms with E-state index in [2.05, 4.69) is 0 Å². The van der Waals surface area contributed by atoms with Crippen LogP contribution in [-0.4, -0.2) is 17.4 Å². The van der Waals surface area contributed by atoms with Crippen molar-refractivity contribution in [3.8, 4) is 0 Å². The molecule has 0 fully saturated rings. The molecule has 1 N–H and O–H groups in total. The Morgan fingerprint density at radius 2 is 1.29 bits per heavy atom. The van der Waals surface area contributed by atoms with Gasteiger partial charge in [0, 0.05) is 17.8 Å². The average Bonchev–Trinajstić information content (AvgIpc) is 2.53. The Kier molecular flexibility index (Phi) is 2.52. The van der Waals surface area contributed by atoms with Gasteiger partial charge in [-0.05, 0) is 22.3 Å². The lowest BCUT2D eigenvalue weighted by atomic mass is 9.54. The molecule has 3 nitrogen and oxygen atoms in total. The first-order chi connectivity index (χ1) is 10.2. The first kappa shape index (κ1) is 12.3. The van der Waals surface area contributed by atoms with Crippen LogP contribution in [0.5, 0.6) is 0 Å². The van der Waals surface area contributed by atoms with Crippen molar-refractivity contribution in [2.24, 2.45) is 11.8 Å². The van der Waals surface area contributed by atoms with Crippen LogP contribution < -0.4 is 0 Å². The molecule has 0 spiro atoms. The molecule has 5 rings (SSSR count). The van der Waals surface area contributed by atoms with Gasteiger partial charge in [0.05, 0.1) is 5.92 Å². The van der Waals surface area contributed by atoms with Crippen LogP contribution in [0.4, 0.5) is 0 Å². The lowest BCUT2D eigenvalue weighted by Gasteiger charge is -2.47.